The van der Waals surface area contributed by atoms with Crippen molar-refractivity contribution in [3.63, 3.8) is 0 Å². The van der Waals surface area contributed by atoms with E-state index in [1.165, 1.54) is 18.2 Å². The van der Waals surface area contributed by atoms with E-state index >= 15 is 0 Å². The lowest BCUT2D eigenvalue weighted by Crippen LogP contribution is -2.45. The molecule has 0 saturated heterocycles. The van der Waals surface area contributed by atoms with E-state index in [1.54, 1.807) is 53.4 Å². The van der Waals surface area contributed by atoms with Gasteiger partial charge >= 0.3 is 0 Å². The van der Waals surface area contributed by atoms with Crippen LogP contribution in [0.4, 0.5) is 11.4 Å². The molecule has 39 heavy (non-hydrogen) atoms. The van der Waals surface area contributed by atoms with Crippen molar-refractivity contribution in [2.75, 3.05) is 4.90 Å². The fraction of sp³-hybridized carbons (Fsp3) is 0.200. The molecule has 5 rings (SSSR count). The van der Waals surface area contributed by atoms with Gasteiger partial charge in [0, 0.05) is 51.9 Å². The number of non-ortho nitro benzene ring substituents is 1. The lowest BCUT2D eigenvalue weighted by Gasteiger charge is -2.45. The molecule has 7 nitrogen and oxygen atoms in total. The first-order chi connectivity index (χ1) is 18.5. The van der Waals surface area contributed by atoms with Crippen LogP contribution in [0.5, 0.6) is 0 Å². The van der Waals surface area contributed by atoms with Crippen LogP contribution in [0.3, 0.4) is 0 Å². The molecule has 1 aliphatic heterocycles. The standard InChI is InChI=1S/C30H25Cl2N3O4/c1-30(2)15-23-26(24(36)16-30)25(19-10-6-7-11-20(19)31)27(28(37)17-8-4-3-5-9-17)29(33)34(23)22-13-12-18(35(38)39)14-21(22)32/h3-14,25,33,37H,15-16H2,1-2H3/t25-/m0/s1. The number of nitrogens with one attached hydrogen (secondary N) is 1. The van der Waals surface area contributed by atoms with Crippen molar-refractivity contribution in [3.05, 3.63) is 121 Å². The van der Waals surface area contributed by atoms with Crippen LogP contribution >= 0.6 is 23.2 Å². The Kier molecular flexibility index (Phi) is 6.83. The van der Waals surface area contributed by atoms with Crippen molar-refractivity contribution in [2.45, 2.75) is 32.6 Å². The lowest BCUT2D eigenvalue weighted by molar-refractivity contribution is -0.384. The number of aliphatic hydroxyl groups is 1. The summed E-state index contributed by atoms with van der Waals surface area (Å²) < 4.78 is 0. The summed E-state index contributed by atoms with van der Waals surface area (Å²) in [7, 11) is 0. The van der Waals surface area contributed by atoms with Gasteiger partial charge in [-0.1, -0.05) is 85.6 Å². The van der Waals surface area contributed by atoms with E-state index in [4.69, 9.17) is 23.2 Å². The maximum atomic E-state index is 13.9. The number of nitrogens with zero attached hydrogens (tertiary/aromatic N) is 2. The first kappa shape index (κ1) is 26.7. The molecule has 1 heterocycles. The Morgan fingerprint density at radius 1 is 1.03 bits per heavy atom. The van der Waals surface area contributed by atoms with Gasteiger partial charge in [-0.05, 0) is 29.5 Å². The minimum atomic E-state index is -0.807. The molecule has 0 fully saturated rings. The van der Waals surface area contributed by atoms with Crippen molar-refractivity contribution in [1.82, 2.24) is 0 Å². The summed E-state index contributed by atoms with van der Waals surface area (Å²) in [4.78, 5) is 26.3. The Hall–Kier alpha value is -3.94. The Morgan fingerprint density at radius 2 is 1.69 bits per heavy atom. The molecule has 3 aromatic carbocycles. The van der Waals surface area contributed by atoms with Crippen molar-refractivity contribution in [2.24, 2.45) is 5.41 Å². The van der Waals surface area contributed by atoms with Crippen LogP contribution in [0.2, 0.25) is 10.0 Å². The van der Waals surface area contributed by atoms with E-state index in [0.717, 1.165) is 0 Å². The SMILES string of the molecule is CC1(C)CC(=O)C2=C(C1)N(c1ccc([N+](=O)[O-])cc1Cl)C(=N)C(=C(O)c1ccccc1)[C@H]2c1ccccc1Cl. The second-order valence-corrected chi connectivity index (χ2v) is 11.3. The third kappa shape index (κ3) is 4.73. The van der Waals surface area contributed by atoms with Gasteiger partial charge in [-0.3, -0.25) is 25.2 Å². The van der Waals surface area contributed by atoms with Crippen LogP contribution in [-0.2, 0) is 4.79 Å². The highest BCUT2D eigenvalue weighted by atomic mass is 35.5. The Labute approximate surface area is 235 Å². The van der Waals surface area contributed by atoms with Gasteiger partial charge < -0.3 is 5.11 Å². The number of carbonyl (C=O) groups is 1. The fourth-order valence-corrected chi connectivity index (χ4v) is 5.95. The summed E-state index contributed by atoms with van der Waals surface area (Å²) in [6.45, 7) is 3.95. The zero-order valence-corrected chi connectivity index (χ0v) is 22.8. The van der Waals surface area contributed by atoms with Crippen LogP contribution in [-0.4, -0.2) is 21.6 Å². The maximum absolute atomic E-state index is 13.9. The van der Waals surface area contributed by atoms with Gasteiger partial charge in [-0.25, -0.2) is 0 Å². The quantitative estimate of drug-likeness (QED) is 0.190. The van der Waals surface area contributed by atoms with Crippen LogP contribution in [0, 0.1) is 20.9 Å². The number of ketones is 1. The summed E-state index contributed by atoms with van der Waals surface area (Å²) in [5.74, 6) is -1.20. The second-order valence-electron chi connectivity index (χ2n) is 10.5. The zero-order valence-electron chi connectivity index (χ0n) is 21.2. The molecule has 0 spiro atoms. The van der Waals surface area contributed by atoms with Crippen LogP contribution < -0.4 is 4.90 Å². The fourth-order valence-electron chi connectivity index (χ4n) is 5.44. The third-order valence-corrected chi connectivity index (χ3v) is 7.77. The molecule has 0 radical (unpaired) electrons. The zero-order chi connectivity index (χ0) is 28.1. The second kappa shape index (κ2) is 9.98. The van der Waals surface area contributed by atoms with Crippen molar-refractivity contribution >= 4 is 52.0 Å². The normalized spacial score (nSPS) is 20.1. The molecular weight excluding hydrogens is 537 g/mol. The topological polar surface area (TPSA) is 108 Å². The average molecular weight is 562 g/mol. The number of carbonyl (C=O) groups excluding carboxylic acids is 1. The smallest absolute Gasteiger partial charge is 0.271 e. The van der Waals surface area contributed by atoms with E-state index in [1.807, 2.05) is 19.9 Å². The van der Waals surface area contributed by atoms with Gasteiger partial charge in [-0.2, -0.15) is 0 Å². The summed E-state index contributed by atoms with van der Waals surface area (Å²) in [6.07, 6.45) is 0.700. The highest BCUT2D eigenvalue weighted by Crippen LogP contribution is 2.53. The number of hydrogen-bond acceptors (Lipinski definition) is 5. The molecule has 2 aliphatic rings. The van der Waals surface area contributed by atoms with E-state index < -0.39 is 16.3 Å². The number of nitro benzene ring substituents is 1. The van der Waals surface area contributed by atoms with Crippen molar-refractivity contribution < 1.29 is 14.8 Å². The molecule has 198 valence electrons. The Balaban J connectivity index is 1.87. The largest absolute Gasteiger partial charge is 0.507 e. The molecule has 0 amide bonds. The molecule has 9 heteroatoms. The van der Waals surface area contributed by atoms with Gasteiger partial charge in [0.05, 0.1) is 15.6 Å². The van der Waals surface area contributed by atoms with Crippen LogP contribution in [0.25, 0.3) is 5.76 Å². The first-order valence-corrected chi connectivity index (χ1v) is 13.1. The van der Waals surface area contributed by atoms with Gasteiger partial charge in [-0.15, -0.1) is 0 Å². The summed E-state index contributed by atoms with van der Waals surface area (Å²) in [5.41, 5.74) is 1.93. The number of nitro groups is 1. The molecule has 1 atom stereocenters. The van der Waals surface area contributed by atoms with Crippen molar-refractivity contribution in [1.29, 1.82) is 5.41 Å². The Bertz CT molecular complexity index is 1590. The molecule has 3 aromatic rings. The van der Waals surface area contributed by atoms with Crippen molar-refractivity contribution in [3.8, 4) is 0 Å². The molecule has 0 unspecified atom stereocenters. The average Bonchev–Trinajstić information content (AvgIpc) is 2.88. The van der Waals surface area contributed by atoms with Crippen LogP contribution in [0.15, 0.2) is 89.6 Å². The summed E-state index contributed by atoms with van der Waals surface area (Å²) in [6, 6.07) is 19.9. The van der Waals surface area contributed by atoms with Gasteiger partial charge in [0.25, 0.3) is 5.69 Å². The number of benzene rings is 3. The number of hydrogen-bond donors (Lipinski definition) is 2. The van der Waals surface area contributed by atoms with Gasteiger partial charge in [0.15, 0.2) is 5.78 Å². The monoisotopic (exact) mass is 561 g/mol. The number of aliphatic hydroxyl groups excluding tert-OH is 1. The minimum Gasteiger partial charge on any atom is -0.507 e. The molecule has 0 saturated carbocycles. The molecule has 1 aliphatic carbocycles. The van der Waals surface area contributed by atoms with Gasteiger partial charge in [0.1, 0.15) is 11.6 Å². The first-order valence-electron chi connectivity index (χ1n) is 12.3. The van der Waals surface area contributed by atoms with E-state index in [0.29, 0.717) is 39.5 Å². The Morgan fingerprint density at radius 3 is 2.33 bits per heavy atom. The highest BCUT2D eigenvalue weighted by Gasteiger charge is 2.47. The van der Waals surface area contributed by atoms with E-state index in [2.05, 4.69) is 0 Å². The highest BCUT2D eigenvalue weighted by molar-refractivity contribution is 6.35. The minimum absolute atomic E-state index is 0.0476. The predicted molar refractivity (Wildman–Crippen MR) is 154 cm³/mol. The number of amidine groups is 1. The number of allylic oxidation sites excluding steroid dienone is 2. The summed E-state index contributed by atoms with van der Waals surface area (Å²) in [5, 5.41) is 33.0. The predicted octanol–water partition coefficient (Wildman–Crippen LogP) is 8.10. The number of anilines is 1. The van der Waals surface area contributed by atoms with Crippen LogP contribution in [0.1, 0.15) is 43.7 Å². The molecule has 0 bridgehead atoms. The maximum Gasteiger partial charge on any atom is 0.271 e. The van der Waals surface area contributed by atoms with Gasteiger partial charge in [0.2, 0.25) is 0 Å². The molecule has 2 N–H and O–H groups in total. The molecular formula is C30H25Cl2N3O4. The summed E-state index contributed by atoms with van der Waals surface area (Å²) >= 11 is 13.3. The van der Waals surface area contributed by atoms with E-state index in [-0.39, 0.29) is 40.1 Å². The van der Waals surface area contributed by atoms with E-state index in [9.17, 15) is 25.4 Å². The third-order valence-electron chi connectivity index (χ3n) is 7.12. The number of Topliss-reactive ketones (excluding diaryl/α,β-unsaturated/α-hetero) is 1. The number of rotatable bonds is 4. The lowest BCUT2D eigenvalue weighted by atomic mass is 9.67. The number of halogens is 2. The molecule has 0 aromatic heterocycles.